The van der Waals surface area contributed by atoms with Crippen LogP contribution in [0.15, 0.2) is 29.3 Å². The zero-order valence-electron chi connectivity index (χ0n) is 25.8. The van der Waals surface area contributed by atoms with Gasteiger partial charge in [-0.05, 0) is 58.1 Å². The van der Waals surface area contributed by atoms with Gasteiger partial charge in [-0.1, -0.05) is 13.8 Å². The van der Waals surface area contributed by atoms with Gasteiger partial charge in [0.2, 0.25) is 17.7 Å². The van der Waals surface area contributed by atoms with Crippen molar-refractivity contribution in [3.63, 3.8) is 0 Å². The molecule has 246 valence electrons. The van der Waals surface area contributed by atoms with Crippen molar-refractivity contribution >= 4 is 47.1 Å². The molecule has 1 aromatic carbocycles. The molecule has 0 aliphatic heterocycles. The number of nitro benzene ring substituents is 1. The number of aliphatic imine (C=N–C) groups is 1. The Hall–Kier alpha value is -4.96. The van der Waals surface area contributed by atoms with Crippen LogP contribution in [0.2, 0.25) is 0 Å². The van der Waals surface area contributed by atoms with E-state index in [0.29, 0.717) is 12.8 Å². The molecule has 1 rings (SSSR count). The lowest BCUT2D eigenvalue weighted by Crippen LogP contribution is -2.52. The van der Waals surface area contributed by atoms with Crippen LogP contribution in [-0.4, -0.2) is 76.5 Å². The first-order valence-corrected chi connectivity index (χ1v) is 13.7. The topological polar surface area (TPSA) is 270 Å². The van der Waals surface area contributed by atoms with Crippen molar-refractivity contribution in [2.75, 3.05) is 18.4 Å². The summed E-state index contributed by atoms with van der Waals surface area (Å²) in [5, 5.41) is 28.4. The lowest BCUT2D eigenvalue weighted by molar-refractivity contribution is -0.384. The van der Waals surface area contributed by atoms with E-state index in [9.17, 15) is 29.3 Å². The zero-order valence-corrected chi connectivity index (χ0v) is 25.8. The summed E-state index contributed by atoms with van der Waals surface area (Å²) in [5.41, 5.74) is 10.0. The summed E-state index contributed by atoms with van der Waals surface area (Å²) in [7, 11) is 0. The third kappa shape index (κ3) is 19.2. The molecule has 0 saturated carbocycles. The summed E-state index contributed by atoms with van der Waals surface area (Å²) in [6.07, 6.45) is 0.0454. The van der Waals surface area contributed by atoms with Gasteiger partial charge in [-0.15, -0.1) is 0 Å². The second kappa shape index (κ2) is 19.3. The van der Waals surface area contributed by atoms with Crippen molar-refractivity contribution in [3.05, 3.63) is 34.4 Å². The average Bonchev–Trinajstić information content (AvgIpc) is 2.87. The summed E-state index contributed by atoms with van der Waals surface area (Å²) in [6.45, 7) is 9.67. The molecule has 1 aromatic rings. The molecule has 0 heterocycles. The maximum absolute atomic E-state index is 12.9. The molecule has 0 aliphatic rings. The average molecular weight is 625 g/mol. The number of hydrogen-bond donors (Lipinski definition) is 7. The Kier molecular flexibility index (Phi) is 17.1. The van der Waals surface area contributed by atoms with Gasteiger partial charge in [0.05, 0.1) is 11.5 Å². The minimum absolute atomic E-state index is 0.0530. The zero-order chi connectivity index (χ0) is 34.0. The van der Waals surface area contributed by atoms with Gasteiger partial charge in [0.25, 0.3) is 11.7 Å². The number of carboxylic acid groups (broad SMARTS) is 1. The Morgan fingerprint density at radius 3 is 2.07 bits per heavy atom. The highest BCUT2D eigenvalue weighted by atomic mass is 16.6. The number of guanidine groups is 1. The molecule has 0 aliphatic carbocycles. The van der Waals surface area contributed by atoms with Gasteiger partial charge in [-0.2, -0.15) is 0 Å². The summed E-state index contributed by atoms with van der Waals surface area (Å²) >= 11 is 0. The number of alkyl carbamates (subject to hydrolysis) is 1. The number of nitrogens with two attached hydrogens (primary N) is 2. The van der Waals surface area contributed by atoms with Crippen molar-refractivity contribution in [2.45, 2.75) is 78.5 Å². The maximum Gasteiger partial charge on any atom is 0.408 e. The number of non-ortho nitro benzene ring substituents is 1. The van der Waals surface area contributed by atoms with E-state index >= 15 is 0 Å². The number of nitrogens with zero attached hydrogens (tertiary/aromatic N) is 2. The molecular weight excluding hydrogens is 580 g/mol. The van der Waals surface area contributed by atoms with E-state index in [4.69, 9.17) is 26.1 Å². The number of benzene rings is 1. The fourth-order valence-electron chi connectivity index (χ4n) is 3.36. The van der Waals surface area contributed by atoms with Crippen LogP contribution in [-0.2, 0) is 23.9 Å². The number of amides is 4. The van der Waals surface area contributed by atoms with Crippen LogP contribution >= 0.6 is 0 Å². The van der Waals surface area contributed by atoms with Gasteiger partial charge in [-0.25, -0.2) is 4.79 Å². The van der Waals surface area contributed by atoms with Crippen LogP contribution in [0.25, 0.3) is 0 Å². The molecular formula is C27H44N8O9. The SMILES string of the molecule is CC(=O)O.CC(C)C[C@@H](NC(=O)OC(C)(C)C)C(=O)NCC(=O)N[C@H](CCCN=C(N)N)C(=O)Nc1ccc([N+](=O)[O-])cc1. The van der Waals surface area contributed by atoms with Crippen LogP contribution in [0, 0.1) is 16.0 Å². The van der Waals surface area contributed by atoms with Crippen LogP contribution in [0.4, 0.5) is 16.2 Å². The Bertz CT molecular complexity index is 1160. The first-order valence-electron chi connectivity index (χ1n) is 13.7. The molecule has 2 atom stereocenters. The third-order valence-electron chi connectivity index (χ3n) is 5.08. The number of anilines is 1. The van der Waals surface area contributed by atoms with Crippen molar-refractivity contribution in [3.8, 4) is 0 Å². The lowest BCUT2D eigenvalue weighted by atomic mass is 10.0. The number of nitro groups is 1. The number of carboxylic acids is 1. The van der Waals surface area contributed by atoms with E-state index in [1.165, 1.54) is 24.3 Å². The number of ether oxygens (including phenoxy) is 1. The lowest BCUT2D eigenvalue weighted by Gasteiger charge is -2.24. The Labute approximate surface area is 255 Å². The smallest absolute Gasteiger partial charge is 0.408 e. The highest BCUT2D eigenvalue weighted by Gasteiger charge is 2.26. The van der Waals surface area contributed by atoms with E-state index in [1.807, 2.05) is 13.8 Å². The van der Waals surface area contributed by atoms with Crippen molar-refractivity contribution in [1.29, 1.82) is 0 Å². The van der Waals surface area contributed by atoms with Crippen LogP contribution in [0.5, 0.6) is 0 Å². The maximum atomic E-state index is 12.9. The van der Waals surface area contributed by atoms with Gasteiger partial charge in [0, 0.05) is 31.3 Å². The second-order valence-electron chi connectivity index (χ2n) is 10.9. The monoisotopic (exact) mass is 624 g/mol. The molecule has 0 fully saturated rings. The molecule has 0 bridgehead atoms. The summed E-state index contributed by atoms with van der Waals surface area (Å²) in [4.78, 5) is 73.7. The number of aliphatic carboxylic acids is 1. The molecule has 44 heavy (non-hydrogen) atoms. The van der Waals surface area contributed by atoms with Crippen molar-refractivity contribution in [2.24, 2.45) is 22.4 Å². The quantitative estimate of drug-likeness (QED) is 0.0508. The highest BCUT2D eigenvalue weighted by Crippen LogP contribution is 2.16. The van der Waals surface area contributed by atoms with Crippen LogP contribution < -0.4 is 32.7 Å². The first-order chi connectivity index (χ1) is 20.3. The van der Waals surface area contributed by atoms with Crippen LogP contribution in [0.1, 0.15) is 60.8 Å². The van der Waals surface area contributed by atoms with Crippen molar-refractivity contribution in [1.82, 2.24) is 16.0 Å². The number of carbonyl (C=O) groups is 5. The van der Waals surface area contributed by atoms with Gasteiger partial charge in [0.1, 0.15) is 17.7 Å². The minimum atomic E-state index is -1.03. The number of carbonyl (C=O) groups excluding carboxylic acids is 4. The fourth-order valence-corrected chi connectivity index (χ4v) is 3.36. The normalized spacial score (nSPS) is 11.9. The van der Waals surface area contributed by atoms with Gasteiger partial charge in [-0.3, -0.25) is 34.3 Å². The van der Waals surface area contributed by atoms with Gasteiger partial charge < -0.3 is 42.6 Å². The van der Waals surface area contributed by atoms with E-state index in [0.717, 1.165) is 6.92 Å². The summed E-state index contributed by atoms with van der Waals surface area (Å²) < 4.78 is 5.22. The number of nitrogens with one attached hydrogen (secondary N) is 4. The minimum Gasteiger partial charge on any atom is -0.481 e. The predicted octanol–water partition coefficient (Wildman–Crippen LogP) is 1.22. The first kappa shape index (κ1) is 39.0. The Balaban J connectivity index is 0.00000433. The second-order valence-corrected chi connectivity index (χ2v) is 10.9. The van der Waals surface area contributed by atoms with E-state index in [2.05, 4.69) is 26.3 Å². The third-order valence-corrected chi connectivity index (χ3v) is 5.08. The molecule has 0 aromatic heterocycles. The number of rotatable bonds is 14. The van der Waals surface area contributed by atoms with Gasteiger partial charge in [0.15, 0.2) is 5.96 Å². The molecule has 0 unspecified atom stereocenters. The van der Waals surface area contributed by atoms with E-state index in [-0.39, 0.29) is 36.2 Å². The van der Waals surface area contributed by atoms with Crippen LogP contribution in [0.3, 0.4) is 0 Å². The Morgan fingerprint density at radius 1 is 1.02 bits per heavy atom. The fraction of sp³-hybridized carbons (Fsp3) is 0.556. The molecule has 9 N–H and O–H groups in total. The van der Waals surface area contributed by atoms with E-state index < -0.39 is 58.9 Å². The summed E-state index contributed by atoms with van der Waals surface area (Å²) in [5.74, 6) is -2.72. The molecule has 0 saturated heterocycles. The predicted molar refractivity (Wildman–Crippen MR) is 162 cm³/mol. The molecule has 0 spiro atoms. The standard InChI is InChI=1S/C25H40N8O7.C2H4O2/c1-15(2)13-19(32-24(37)40-25(3,4)5)21(35)29-14-20(34)31-18(7-6-12-28-23(26)27)22(36)30-16-8-10-17(11-9-16)33(38)39;1-2(3)4/h8-11,15,18-19H,6-7,12-14H2,1-5H3,(H,29,35)(H,30,36)(H,31,34)(H,32,37)(H4,26,27,28);1H3,(H,3,4)/t18-,19-;/m1./s1. The summed E-state index contributed by atoms with van der Waals surface area (Å²) in [6, 6.07) is 3.22. The van der Waals surface area contributed by atoms with Gasteiger partial charge >= 0.3 is 6.09 Å². The molecule has 17 heteroatoms. The molecule has 4 amide bonds. The highest BCUT2D eigenvalue weighted by molar-refractivity contribution is 5.98. The van der Waals surface area contributed by atoms with E-state index in [1.54, 1.807) is 20.8 Å². The number of hydrogen-bond acceptors (Lipinski definition) is 9. The largest absolute Gasteiger partial charge is 0.481 e. The molecule has 17 nitrogen and oxygen atoms in total. The molecule has 0 radical (unpaired) electrons. The Morgan fingerprint density at radius 2 is 1.59 bits per heavy atom. The van der Waals surface area contributed by atoms with Crippen molar-refractivity contribution < 1.29 is 38.7 Å².